The molecule has 23 heavy (non-hydrogen) atoms. The van der Waals surface area contributed by atoms with Gasteiger partial charge in [0.05, 0.1) is 12.1 Å². The summed E-state index contributed by atoms with van der Waals surface area (Å²) < 4.78 is 8.22. The van der Waals surface area contributed by atoms with Crippen LogP contribution in [0.1, 0.15) is 27.9 Å². The highest BCUT2D eigenvalue weighted by Crippen LogP contribution is 2.40. The number of nitrogens with zero attached hydrogens (tertiary/aromatic N) is 1. The number of ether oxygens (including phenoxy) is 1. The molecular formula is C21H21NO. The molecule has 0 spiro atoms. The quantitative estimate of drug-likeness (QED) is 0.648. The molecule has 0 aliphatic carbocycles. The van der Waals surface area contributed by atoms with Crippen LogP contribution in [0.2, 0.25) is 0 Å². The van der Waals surface area contributed by atoms with Gasteiger partial charge >= 0.3 is 0 Å². The number of benzene rings is 2. The Balaban J connectivity index is 2.00. The molecule has 0 N–H and O–H groups in total. The van der Waals surface area contributed by atoms with Crippen molar-refractivity contribution in [2.24, 2.45) is 0 Å². The van der Waals surface area contributed by atoms with Crippen LogP contribution in [0.4, 0.5) is 0 Å². The first-order valence-corrected chi connectivity index (χ1v) is 8.10. The van der Waals surface area contributed by atoms with Crippen molar-refractivity contribution in [3.05, 3.63) is 70.9 Å². The largest absolute Gasteiger partial charge is 0.490 e. The molecule has 0 amide bonds. The maximum atomic E-state index is 5.84. The summed E-state index contributed by atoms with van der Waals surface area (Å²) in [5.74, 6) is 0.983. The van der Waals surface area contributed by atoms with Gasteiger partial charge in [0.25, 0.3) is 0 Å². The summed E-state index contributed by atoms with van der Waals surface area (Å²) >= 11 is 0. The van der Waals surface area contributed by atoms with Crippen molar-refractivity contribution in [2.75, 3.05) is 6.61 Å². The van der Waals surface area contributed by atoms with Gasteiger partial charge in [-0.2, -0.15) is 0 Å². The third-order valence-electron chi connectivity index (χ3n) is 5.11. The lowest BCUT2D eigenvalue weighted by molar-refractivity contribution is 0.285. The van der Waals surface area contributed by atoms with E-state index in [0.717, 1.165) is 24.5 Å². The van der Waals surface area contributed by atoms with Crippen LogP contribution in [0, 0.1) is 20.8 Å². The van der Waals surface area contributed by atoms with Crippen molar-refractivity contribution in [1.82, 2.24) is 4.57 Å². The van der Waals surface area contributed by atoms with Crippen molar-refractivity contribution in [3.63, 3.8) is 0 Å². The smallest absolute Gasteiger partial charge is 0.143 e. The molecule has 1 aromatic heterocycles. The molecule has 0 fully saturated rings. The molecule has 0 saturated carbocycles. The second-order valence-corrected chi connectivity index (χ2v) is 6.34. The molecule has 0 radical (unpaired) electrons. The molecule has 2 heteroatoms. The number of aryl methyl sites for hydroxylation is 1. The SMILES string of the molecule is C=C(c1cccc(C)c1C)c1c(C)n2c3c(cccc13)OCC2. The Morgan fingerprint density at radius 2 is 1.87 bits per heavy atom. The number of hydrogen-bond acceptors (Lipinski definition) is 1. The second kappa shape index (κ2) is 5.02. The van der Waals surface area contributed by atoms with Gasteiger partial charge in [0.15, 0.2) is 0 Å². The fourth-order valence-electron chi connectivity index (χ4n) is 3.74. The third-order valence-corrected chi connectivity index (χ3v) is 5.11. The van der Waals surface area contributed by atoms with Gasteiger partial charge in [-0.15, -0.1) is 0 Å². The highest BCUT2D eigenvalue weighted by Gasteiger charge is 2.22. The van der Waals surface area contributed by atoms with Crippen LogP contribution in [-0.4, -0.2) is 11.2 Å². The monoisotopic (exact) mass is 303 g/mol. The van der Waals surface area contributed by atoms with E-state index < -0.39 is 0 Å². The van der Waals surface area contributed by atoms with Crippen molar-refractivity contribution in [2.45, 2.75) is 27.3 Å². The van der Waals surface area contributed by atoms with Gasteiger partial charge in [0.2, 0.25) is 0 Å². The van der Waals surface area contributed by atoms with E-state index in [0.29, 0.717) is 0 Å². The van der Waals surface area contributed by atoms with Gasteiger partial charge in [-0.25, -0.2) is 0 Å². The van der Waals surface area contributed by atoms with Crippen LogP contribution in [0.3, 0.4) is 0 Å². The fraction of sp³-hybridized carbons (Fsp3) is 0.238. The summed E-state index contributed by atoms with van der Waals surface area (Å²) in [5.41, 5.74) is 8.68. The molecular weight excluding hydrogens is 282 g/mol. The Morgan fingerprint density at radius 1 is 1.09 bits per heavy atom. The Morgan fingerprint density at radius 3 is 2.70 bits per heavy atom. The number of aromatic nitrogens is 1. The second-order valence-electron chi connectivity index (χ2n) is 6.34. The minimum atomic E-state index is 0.733. The summed E-state index contributed by atoms with van der Waals surface area (Å²) in [6.45, 7) is 12.6. The summed E-state index contributed by atoms with van der Waals surface area (Å²) in [6, 6.07) is 12.8. The summed E-state index contributed by atoms with van der Waals surface area (Å²) in [5, 5.41) is 1.24. The molecule has 3 aromatic rings. The normalized spacial score (nSPS) is 13.2. The Kier molecular flexibility index (Phi) is 3.08. The van der Waals surface area contributed by atoms with E-state index in [9.17, 15) is 0 Å². The highest BCUT2D eigenvalue weighted by molar-refractivity contribution is 6.01. The predicted octanol–water partition coefficient (Wildman–Crippen LogP) is 5.02. The van der Waals surface area contributed by atoms with E-state index in [-0.39, 0.29) is 0 Å². The van der Waals surface area contributed by atoms with E-state index in [1.807, 2.05) is 0 Å². The highest BCUT2D eigenvalue weighted by atomic mass is 16.5. The van der Waals surface area contributed by atoms with Gasteiger partial charge in [0, 0.05) is 16.6 Å². The zero-order valence-electron chi connectivity index (χ0n) is 13.9. The van der Waals surface area contributed by atoms with Gasteiger partial charge in [0.1, 0.15) is 12.4 Å². The van der Waals surface area contributed by atoms with Crippen molar-refractivity contribution >= 4 is 16.5 Å². The van der Waals surface area contributed by atoms with Crippen LogP contribution < -0.4 is 4.74 Å². The molecule has 0 saturated heterocycles. The van der Waals surface area contributed by atoms with Crippen LogP contribution in [0.25, 0.3) is 16.5 Å². The molecule has 1 aliphatic rings. The van der Waals surface area contributed by atoms with Crippen LogP contribution in [0.5, 0.6) is 5.75 Å². The third kappa shape index (κ3) is 1.94. The van der Waals surface area contributed by atoms with E-state index in [1.165, 1.54) is 38.9 Å². The minimum absolute atomic E-state index is 0.733. The first-order chi connectivity index (χ1) is 11.1. The molecule has 0 atom stereocenters. The maximum absolute atomic E-state index is 5.84. The zero-order chi connectivity index (χ0) is 16.1. The number of rotatable bonds is 2. The Bertz CT molecular complexity index is 946. The molecule has 0 unspecified atom stereocenters. The van der Waals surface area contributed by atoms with E-state index >= 15 is 0 Å². The Hall–Kier alpha value is -2.48. The van der Waals surface area contributed by atoms with Crippen LogP contribution in [0.15, 0.2) is 43.0 Å². The predicted molar refractivity (Wildman–Crippen MR) is 96.2 cm³/mol. The molecule has 2 nitrogen and oxygen atoms in total. The van der Waals surface area contributed by atoms with Gasteiger partial charge in [-0.3, -0.25) is 0 Å². The van der Waals surface area contributed by atoms with Crippen molar-refractivity contribution in [3.8, 4) is 5.75 Å². The Labute approximate surface area is 137 Å². The van der Waals surface area contributed by atoms with Gasteiger partial charge in [-0.1, -0.05) is 36.9 Å². The molecule has 0 bridgehead atoms. The first-order valence-electron chi connectivity index (χ1n) is 8.10. The van der Waals surface area contributed by atoms with E-state index in [1.54, 1.807) is 0 Å². The maximum Gasteiger partial charge on any atom is 0.143 e. The van der Waals surface area contributed by atoms with E-state index in [4.69, 9.17) is 4.74 Å². The topological polar surface area (TPSA) is 14.2 Å². The lowest BCUT2D eigenvalue weighted by atomic mass is 9.92. The summed E-state index contributed by atoms with van der Waals surface area (Å²) in [7, 11) is 0. The lowest BCUT2D eigenvalue weighted by Gasteiger charge is -2.17. The summed E-state index contributed by atoms with van der Waals surface area (Å²) in [4.78, 5) is 0. The van der Waals surface area contributed by atoms with Crippen LogP contribution >= 0.6 is 0 Å². The first kappa shape index (κ1) is 14.1. The number of hydrogen-bond donors (Lipinski definition) is 0. The van der Waals surface area contributed by atoms with Crippen LogP contribution in [-0.2, 0) is 6.54 Å². The molecule has 4 rings (SSSR count). The molecule has 1 aliphatic heterocycles. The summed E-state index contributed by atoms with van der Waals surface area (Å²) in [6.07, 6.45) is 0. The average Bonchev–Trinajstić information content (AvgIpc) is 2.84. The zero-order valence-corrected chi connectivity index (χ0v) is 13.9. The standard InChI is InChI=1S/C21H21NO/c1-13-7-5-8-17(14(13)2)15(3)20-16(4)22-11-12-23-19-10-6-9-18(20)21(19)22/h5-10H,3,11-12H2,1-2,4H3. The molecule has 116 valence electrons. The molecule has 2 aromatic carbocycles. The van der Waals surface area contributed by atoms with Crippen molar-refractivity contribution < 1.29 is 4.74 Å². The lowest BCUT2D eigenvalue weighted by Crippen LogP contribution is -2.14. The average molecular weight is 303 g/mol. The minimum Gasteiger partial charge on any atom is -0.490 e. The van der Waals surface area contributed by atoms with E-state index in [2.05, 4.69) is 68.3 Å². The van der Waals surface area contributed by atoms with Crippen molar-refractivity contribution in [1.29, 1.82) is 0 Å². The van der Waals surface area contributed by atoms with Gasteiger partial charge in [-0.05, 0) is 49.1 Å². The van der Waals surface area contributed by atoms with Gasteiger partial charge < -0.3 is 9.30 Å². The molecule has 2 heterocycles. The number of para-hydroxylation sites is 1. The fourth-order valence-corrected chi connectivity index (χ4v) is 3.74.